The van der Waals surface area contributed by atoms with Crippen molar-refractivity contribution in [1.29, 1.82) is 0 Å². The van der Waals surface area contributed by atoms with Crippen molar-refractivity contribution in [3.8, 4) is 0 Å². The number of aliphatic imine (C=N–C) groups is 1. The number of aromatic nitrogens is 2. The Bertz CT molecular complexity index is 474. The van der Waals surface area contributed by atoms with Crippen LogP contribution in [0.5, 0.6) is 0 Å². The fraction of sp³-hybridized carbons (Fsp3) is 0.789. The first-order valence-corrected chi connectivity index (χ1v) is 9.72. The van der Waals surface area contributed by atoms with Crippen LogP contribution in [0.1, 0.15) is 63.6 Å². The molecule has 0 aromatic carbocycles. The second kappa shape index (κ2) is 11.1. The number of rotatable bonds is 10. The van der Waals surface area contributed by atoms with Crippen LogP contribution < -0.4 is 10.6 Å². The van der Waals surface area contributed by atoms with E-state index in [0.29, 0.717) is 0 Å². The lowest BCUT2D eigenvalue weighted by Crippen LogP contribution is -2.38. The molecule has 0 amide bonds. The third-order valence-corrected chi connectivity index (χ3v) is 5.07. The fourth-order valence-corrected chi connectivity index (χ4v) is 3.54. The van der Waals surface area contributed by atoms with Crippen molar-refractivity contribution in [2.75, 3.05) is 20.1 Å². The SMILES string of the molecule is CN=C(NCCCCC1CCCC1)NCCCCn1ccnc1C. The number of guanidine groups is 1. The number of nitrogens with zero attached hydrogens (tertiary/aromatic N) is 3. The minimum atomic E-state index is 0.940. The van der Waals surface area contributed by atoms with Gasteiger partial charge in [0, 0.05) is 39.1 Å². The van der Waals surface area contributed by atoms with Crippen molar-refractivity contribution in [3.05, 3.63) is 18.2 Å². The largest absolute Gasteiger partial charge is 0.356 e. The maximum absolute atomic E-state index is 4.30. The average molecular weight is 334 g/mol. The van der Waals surface area contributed by atoms with Crippen molar-refractivity contribution in [1.82, 2.24) is 20.2 Å². The second-order valence-corrected chi connectivity index (χ2v) is 6.95. The molecular formula is C19H35N5. The highest BCUT2D eigenvalue weighted by molar-refractivity contribution is 5.79. The van der Waals surface area contributed by atoms with E-state index in [2.05, 4.69) is 38.3 Å². The number of hydrogen-bond donors (Lipinski definition) is 2. The highest BCUT2D eigenvalue weighted by Crippen LogP contribution is 2.28. The topological polar surface area (TPSA) is 54.2 Å². The van der Waals surface area contributed by atoms with Crippen LogP contribution in [0.3, 0.4) is 0 Å². The van der Waals surface area contributed by atoms with E-state index >= 15 is 0 Å². The molecular weight excluding hydrogens is 298 g/mol. The first-order valence-electron chi connectivity index (χ1n) is 9.72. The Balaban J connectivity index is 1.45. The highest BCUT2D eigenvalue weighted by Gasteiger charge is 2.13. The number of imidazole rings is 1. The molecule has 0 spiro atoms. The van der Waals surface area contributed by atoms with Crippen LogP contribution in [0.4, 0.5) is 0 Å². The van der Waals surface area contributed by atoms with Gasteiger partial charge in [0.15, 0.2) is 5.96 Å². The summed E-state index contributed by atoms with van der Waals surface area (Å²) in [7, 11) is 1.85. The molecule has 2 N–H and O–H groups in total. The third-order valence-electron chi connectivity index (χ3n) is 5.07. The van der Waals surface area contributed by atoms with Crippen LogP contribution in [-0.2, 0) is 6.54 Å². The summed E-state index contributed by atoms with van der Waals surface area (Å²) in [6.07, 6.45) is 16.1. The van der Waals surface area contributed by atoms with Gasteiger partial charge in [0.25, 0.3) is 0 Å². The maximum atomic E-state index is 4.30. The molecule has 24 heavy (non-hydrogen) atoms. The Morgan fingerprint density at radius 1 is 1.17 bits per heavy atom. The van der Waals surface area contributed by atoms with E-state index in [9.17, 15) is 0 Å². The van der Waals surface area contributed by atoms with Crippen LogP contribution in [-0.4, -0.2) is 35.6 Å². The highest BCUT2D eigenvalue weighted by atomic mass is 15.2. The molecule has 136 valence electrons. The van der Waals surface area contributed by atoms with Crippen LogP contribution >= 0.6 is 0 Å². The van der Waals surface area contributed by atoms with Crippen LogP contribution in [0.25, 0.3) is 0 Å². The molecule has 0 bridgehead atoms. The van der Waals surface area contributed by atoms with Crippen molar-refractivity contribution in [3.63, 3.8) is 0 Å². The first kappa shape index (κ1) is 18.8. The van der Waals surface area contributed by atoms with Crippen LogP contribution in [0.2, 0.25) is 0 Å². The summed E-state index contributed by atoms with van der Waals surface area (Å²) in [5.74, 6) is 3.05. The van der Waals surface area contributed by atoms with Gasteiger partial charge >= 0.3 is 0 Å². The number of aryl methyl sites for hydroxylation is 2. The molecule has 5 heteroatoms. The molecule has 5 nitrogen and oxygen atoms in total. The van der Waals surface area contributed by atoms with E-state index in [1.54, 1.807) is 0 Å². The molecule has 2 rings (SSSR count). The minimum Gasteiger partial charge on any atom is -0.356 e. The average Bonchev–Trinajstić information content (AvgIpc) is 3.24. The molecule has 0 aliphatic heterocycles. The molecule has 0 saturated heterocycles. The van der Waals surface area contributed by atoms with Crippen molar-refractivity contribution in [2.45, 2.75) is 71.3 Å². The van der Waals surface area contributed by atoms with E-state index in [-0.39, 0.29) is 0 Å². The summed E-state index contributed by atoms with van der Waals surface area (Å²) in [6, 6.07) is 0. The summed E-state index contributed by atoms with van der Waals surface area (Å²) >= 11 is 0. The lowest BCUT2D eigenvalue weighted by atomic mass is 10.0. The molecule has 0 radical (unpaired) electrons. The summed E-state index contributed by atoms with van der Waals surface area (Å²) in [4.78, 5) is 8.55. The molecule has 1 heterocycles. The summed E-state index contributed by atoms with van der Waals surface area (Å²) in [6.45, 7) is 5.09. The van der Waals surface area contributed by atoms with Crippen LogP contribution in [0, 0.1) is 12.8 Å². The Labute approximate surface area is 147 Å². The second-order valence-electron chi connectivity index (χ2n) is 6.95. The zero-order valence-electron chi connectivity index (χ0n) is 15.6. The molecule has 1 aliphatic carbocycles. The normalized spacial score (nSPS) is 15.8. The Hall–Kier alpha value is -1.52. The molecule has 1 fully saturated rings. The van der Waals surface area contributed by atoms with E-state index in [1.807, 2.05) is 13.2 Å². The van der Waals surface area contributed by atoms with Gasteiger partial charge in [-0.15, -0.1) is 0 Å². The van der Waals surface area contributed by atoms with Crippen molar-refractivity contribution in [2.24, 2.45) is 10.9 Å². The van der Waals surface area contributed by atoms with Crippen LogP contribution in [0.15, 0.2) is 17.4 Å². The standard InChI is InChI=1S/C19H35N5/c1-17-21-14-16-24(17)15-8-7-13-23-19(20-2)22-12-6-5-11-18-9-3-4-10-18/h14,16,18H,3-13,15H2,1-2H3,(H2,20,22,23). The summed E-state index contributed by atoms with van der Waals surface area (Å²) in [5.41, 5.74) is 0. The number of hydrogen-bond acceptors (Lipinski definition) is 2. The van der Waals surface area contributed by atoms with Gasteiger partial charge in [-0.2, -0.15) is 0 Å². The molecule has 0 unspecified atom stereocenters. The molecule has 1 saturated carbocycles. The van der Waals surface area contributed by atoms with Gasteiger partial charge in [0.05, 0.1) is 0 Å². The quantitative estimate of drug-likeness (QED) is 0.391. The Kier molecular flexibility index (Phi) is 8.71. The fourth-order valence-electron chi connectivity index (χ4n) is 3.54. The van der Waals surface area contributed by atoms with Gasteiger partial charge in [-0.05, 0) is 32.1 Å². The molecule has 1 aliphatic rings. The maximum Gasteiger partial charge on any atom is 0.190 e. The minimum absolute atomic E-state index is 0.940. The Morgan fingerprint density at radius 3 is 2.50 bits per heavy atom. The van der Waals surface area contributed by atoms with E-state index < -0.39 is 0 Å². The third kappa shape index (κ3) is 6.93. The lowest BCUT2D eigenvalue weighted by Gasteiger charge is -2.13. The van der Waals surface area contributed by atoms with E-state index in [0.717, 1.165) is 50.2 Å². The smallest absolute Gasteiger partial charge is 0.190 e. The van der Waals surface area contributed by atoms with Gasteiger partial charge in [-0.1, -0.05) is 38.5 Å². The number of unbranched alkanes of at least 4 members (excludes halogenated alkanes) is 2. The summed E-state index contributed by atoms with van der Waals surface area (Å²) in [5, 5.41) is 6.84. The predicted octanol–water partition coefficient (Wildman–Crippen LogP) is 3.50. The van der Waals surface area contributed by atoms with Crippen molar-refractivity contribution < 1.29 is 0 Å². The van der Waals surface area contributed by atoms with E-state index in [4.69, 9.17) is 0 Å². The van der Waals surface area contributed by atoms with Gasteiger partial charge in [0.2, 0.25) is 0 Å². The molecule has 1 aromatic heterocycles. The predicted molar refractivity (Wildman–Crippen MR) is 101 cm³/mol. The zero-order chi connectivity index (χ0) is 17.0. The van der Waals surface area contributed by atoms with Gasteiger partial charge in [0.1, 0.15) is 5.82 Å². The lowest BCUT2D eigenvalue weighted by molar-refractivity contribution is 0.472. The summed E-state index contributed by atoms with van der Waals surface area (Å²) < 4.78 is 2.21. The van der Waals surface area contributed by atoms with Gasteiger partial charge in [-0.3, -0.25) is 4.99 Å². The molecule has 1 aromatic rings. The van der Waals surface area contributed by atoms with Gasteiger partial charge in [-0.25, -0.2) is 4.98 Å². The zero-order valence-corrected chi connectivity index (χ0v) is 15.6. The van der Waals surface area contributed by atoms with E-state index in [1.165, 1.54) is 44.9 Å². The number of nitrogens with one attached hydrogen (secondary N) is 2. The molecule has 0 atom stereocenters. The van der Waals surface area contributed by atoms with Gasteiger partial charge < -0.3 is 15.2 Å². The monoisotopic (exact) mass is 333 g/mol. The Morgan fingerprint density at radius 2 is 1.88 bits per heavy atom. The van der Waals surface area contributed by atoms with Crippen molar-refractivity contribution >= 4 is 5.96 Å². The first-order chi connectivity index (χ1) is 11.8.